The molecule has 2 aromatic carbocycles. The lowest BCUT2D eigenvalue weighted by Crippen LogP contribution is -2.27. The number of aromatic nitrogens is 2. The molecule has 1 aromatic heterocycles. The molecule has 1 heterocycles. The fraction of sp³-hybridized carbons (Fsp3) is 0.125. The van der Waals surface area contributed by atoms with Crippen molar-refractivity contribution in [2.24, 2.45) is 0 Å². The number of hydrogen-bond donors (Lipinski definition) is 1. The maximum absolute atomic E-state index is 12.0. The number of rotatable bonds is 4. The Morgan fingerprint density at radius 3 is 2.71 bits per heavy atom. The molecule has 0 aliphatic heterocycles. The van der Waals surface area contributed by atoms with Gasteiger partial charge < -0.3 is 9.88 Å². The molecule has 1 amide bonds. The Balaban J connectivity index is 1.61. The first-order valence-corrected chi connectivity index (χ1v) is 7.47. The van der Waals surface area contributed by atoms with Crippen molar-refractivity contribution < 1.29 is 4.79 Å². The molecule has 0 spiro atoms. The third-order valence-electron chi connectivity index (χ3n) is 3.27. The summed E-state index contributed by atoms with van der Waals surface area (Å²) in [5, 5.41) is 2.92. The Morgan fingerprint density at radius 2 is 1.90 bits per heavy atom. The zero-order chi connectivity index (χ0) is 14.7. The van der Waals surface area contributed by atoms with Gasteiger partial charge in [-0.2, -0.15) is 0 Å². The molecular weight excluding hydrogens is 330 g/mol. The fourth-order valence-electron chi connectivity index (χ4n) is 2.18. The zero-order valence-corrected chi connectivity index (χ0v) is 12.9. The minimum Gasteiger partial charge on any atom is -0.350 e. The van der Waals surface area contributed by atoms with E-state index < -0.39 is 0 Å². The summed E-state index contributed by atoms with van der Waals surface area (Å²) < 4.78 is 3.00. The molecule has 0 aliphatic rings. The number of carbonyl (C=O) groups excluding carboxylic acids is 1. The van der Waals surface area contributed by atoms with Crippen LogP contribution in [0.25, 0.3) is 11.0 Å². The second-order valence-electron chi connectivity index (χ2n) is 4.69. The van der Waals surface area contributed by atoms with Crippen LogP contribution >= 0.6 is 15.9 Å². The van der Waals surface area contributed by atoms with Crippen molar-refractivity contribution in [1.82, 2.24) is 14.9 Å². The molecule has 0 unspecified atom stereocenters. The number of benzene rings is 2. The number of para-hydroxylation sites is 2. The molecule has 3 rings (SSSR count). The van der Waals surface area contributed by atoms with Gasteiger partial charge in [-0.3, -0.25) is 4.79 Å². The van der Waals surface area contributed by atoms with Crippen molar-refractivity contribution in [1.29, 1.82) is 0 Å². The summed E-state index contributed by atoms with van der Waals surface area (Å²) in [7, 11) is 0. The molecule has 5 heteroatoms. The van der Waals surface area contributed by atoms with Crippen LogP contribution in [0.4, 0.5) is 0 Å². The lowest BCUT2D eigenvalue weighted by molar-refractivity contribution is 0.0952. The van der Waals surface area contributed by atoms with E-state index in [4.69, 9.17) is 0 Å². The van der Waals surface area contributed by atoms with Crippen LogP contribution in [-0.2, 0) is 6.54 Å². The van der Waals surface area contributed by atoms with Crippen LogP contribution in [0, 0.1) is 0 Å². The van der Waals surface area contributed by atoms with Gasteiger partial charge in [0.15, 0.2) is 0 Å². The van der Waals surface area contributed by atoms with Gasteiger partial charge in [0.05, 0.1) is 17.4 Å². The van der Waals surface area contributed by atoms with Crippen LogP contribution < -0.4 is 5.32 Å². The number of nitrogens with zero attached hydrogens (tertiary/aromatic N) is 2. The van der Waals surface area contributed by atoms with Gasteiger partial charge in [-0.05, 0) is 36.4 Å². The van der Waals surface area contributed by atoms with Crippen molar-refractivity contribution in [3.05, 3.63) is 64.9 Å². The fourth-order valence-corrected chi connectivity index (χ4v) is 2.45. The SMILES string of the molecule is O=C(NCCn1cnc2ccccc21)c1ccc(Br)cc1. The Morgan fingerprint density at radius 1 is 1.14 bits per heavy atom. The lowest BCUT2D eigenvalue weighted by atomic mass is 10.2. The number of hydrogen-bond acceptors (Lipinski definition) is 2. The Hall–Kier alpha value is -2.14. The Bertz CT molecular complexity index is 765. The minimum atomic E-state index is -0.0630. The van der Waals surface area contributed by atoms with E-state index in [0.29, 0.717) is 18.7 Å². The van der Waals surface area contributed by atoms with E-state index in [9.17, 15) is 4.79 Å². The molecule has 0 radical (unpaired) electrons. The topological polar surface area (TPSA) is 46.9 Å². The predicted molar refractivity (Wildman–Crippen MR) is 86.2 cm³/mol. The van der Waals surface area contributed by atoms with Gasteiger partial charge in [-0.1, -0.05) is 28.1 Å². The Labute approximate surface area is 130 Å². The maximum atomic E-state index is 12.0. The van der Waals surface area contributed by atoms with Crippen molar-refractivity contribution in [2.45, 2.75) is 6.54 Å². The predicted octanol–water partition coefficient (Wildman–Crippen LogP) is 3.23. The highest BCUT2D eigenvalue weighted by Crippen LogP contribution is 2.12. The molecule has 21 heavy (non-hydrogen) atoms. The van der Waals surface area contributed by atoms with Crippen LogP contribution in [-0.4, -0.2) is 22.0 Å². The summed E-state index contributed by atoms with van der Waals surface area (Å²) in [6.45, 7) is 1.26. The monoisotopic (exact) mass is 343 g/mol. The largest absolute Gasteiger partial charge is 0.350 e. The van der Waals surface area contributed by atoms with Crippen molar-refractivity contribution in [3.63, 3.8) is 0 Å². The van der Waals surface area contributed by atoms with Gasteiger partial charge in [0.25, 0.3) is 5.91 Å². The molecular formula is C16H14BrN3O. The van der Waals surface area contributed by atoms with E-state index in [2.05, 4.69) is 26.2 Å². The van der Waals surface area contributed by atoms with E-state index in [0.717, 1.165) is 15.5 Å². The summed E-state index contributed by atoms with van der Waals surface area (Å²) in [5.41, 5.74) is 2.71. The first kappa shape index (κ1) is 13.8. The van der Waals surface area contributed by atoms with Crippen molar-refractivity contribution in [3.8, 4) is 0 Å². The van der Waals surface area contributed by atoms with E-state index in [1.165, 1.54) is 0 Å². The summed E-state index contributed by atoms with van der Waals surface area (Å²) in [6, 6.07) is 15.3. The number of nitrogens with one attached hydrogen (secondary N) is 1. The van der Waals surface area contributed by atoms with E-state index >= 15 is 0 Å². The average molecular weight is 344 g/mol. The molecule has 0 atom stereocenters. The van der Waals surface area contributed by atoms with Crippen molar-refractivity contribution in [2.75, 3.05) is 6.54 Å². The molecule has 0 fully saturated rings. The first-order valence-electron chi connectivity index (χ1n) is 6.68. The van der Waals surface area contributed by atoms with E-state index in [1.54, 1.807) is 18.5 Å². The Kier molecular flexibility index (Phi) is 4.01. The summed E-state index contributed by atoms with van der Waals surface area (Å²) >= 11 is 3.35. The molecule has 0 saturated heterocycles. The zero-order valence-electron chi connectivity index (χ0n) is 11.3. The van der Waals surface area contributed by atoms with Gasteiger partial charge in [0.2, 0.25) is 0 Å². The first-order chi connectivity index (χ1) is 10.2. The molecule has 3 aromatic rings. The second kappa shape index (κ2) is 6.10. The molecule has 0 bridgehead atoms. The third-order valence-corrected chi connectivity index (χ3v) is 3.80. The summed E-state index contributed by atoms with van der Waals surface area (Å²) in [5.74, 6) is -0.0630. The number of amides is 1. The number of halogens is 1. The van der Waals surface area contributed by atoms with Gasteiger partial charge in [0, 0.05) is 23.1 Å². The quantitative estimate of drug-likeness (QED) is 0.790. The van der Waals surface area contributed by atoms with Crippen LogP contribution in [0.1, 0.15) is 10.4 Å². The number of imidazole rings is 1. The molecule has 0 aliphatic carbocycles. The van der Waals surface area contributed by atoms with E-state index in [1.807, 2.05) is 41.0 Å². The van der Waals surface area contributed by atoms with Crippen LogP contribution in [0.2, 0.25) is 0 Å². The second-order valence-corrected chi connectivity index (χ2v) is 5.61. The number of carbonyl (C=O) groups is 1. The lowest BCUT2D eigenvalue weighted by Gasteiger charge is -2.07. The van der Waals surface area contributed by atoms with Crippen molar-refractivity contribution >= 4 is 32.9 Å². The highest BCUT2D eigenvalue weighted by atomic mass is 79.9. The smallest absolute Gasteiger partial charge is 0.251 e. The van der Waals surface area contributed by atoms with Crippen LogP contribution in [0.5, 0.6) is 0 Å². The van der Waals surface area contributed by atoms with Gasteiger partial charge >= 0.3 is 0 Å². The highest BCUT2D eigenvalue weighted by molar-refractivity contribution is 9.10. The number of fused-ring (bicyclic) bond motifs is 1. The molecule has 4 nitrogen and oxygen atoms in total. The average Bonchev–Trinajstić information content (AvgIpc) is 2.91. The van der Waals surface area contributed by atoms with Gasteiger partial charge in [-0.25, -0.2) is 4.98 Å². The van der Waals surface area contributed by atoms with Crippen LogP contribution in [0.3, 0.4) is 0 Å². The molecule has 1 N–H and O–H groups in total. The summed E-state index contributed by atoms with van der Waals surface area (Å²) in [6.07, 6.45) is 1.80. The maximum Gasteiger partial charge on any atom is 0.251 e. The third kappa shape index (κ3) is 3.13. The standard InChI is InChI=1S/C16H14BrN3O/c17-13-7-5-12(6-8-13)16(21)18-9-10-20-11-19-14-3-1-2-4-15(14)20/h1-8,11H,9-10H2,(H,18,21). The molecule has 106 valence electrons. The summed E-state index contributed by atoms with van der Waals surface area (Å²) in [4.78, 5) is 16.3. The van der Waals surface area contributed by atoms with Crippen LogP contribution in [0.15, 0.2) is 59.3 Å². The van der Waals surface area contributed by atoms with Gasteiger partial charge in [0.1, 0.15) is 0 Å². The van der Waals surface area contributed by atoms with Gasteiger partial charge in [-0.15, -0.1) is 0 Å². The highest BCUT2D eigenvalue weighted by Gasteiger charge is 2.05. The normalized spacial score (nSPS) is 10.7. The minimum absolute atomic E-state index is 0.0630. The molecule has 0 saturated carbocycles. The van der Waals surface area contributed by atoms with E-state index in [-0.39, 0.29) is 5.91 Å².